The zero-order chi connectivity index (χ0) is 19.3. The Labute approximate surface area is 163 Å². The summed E-state index contributed by atoms with van der Waals surface area (Å²) in [6.07, 6.45) is 0. The molecule has 9 heteroatoms. The van der Waals surface area contributed by atoms with Crippen LogP contribution in [0.25, 0.3) is 0 Å². The van der Waals surface area contributed by atoms with Crippen LogP contribution in [0.15, 0.2) is 46.0 Å². The highest BCUT2D eigenvalue weighted by Crippen LogP contribution is 2.20. The first-order chi connectivity index (χ1) is 13.0. The number of methoxy groups -OCH3 is 1. The highest BCUT2D eigenvalue weighted by Gasteiger charge is 2.31. The number of quaternary nitrogens is 1. The maximum atomic E-state index is 12.5. The molecule has 7 nitrogen and oxygen atoms in total. The number of piperazine rings is 1. The lowest BCUT2D eigenvalue weighted by Crippen LogP contribution is -3.15. The Morgan fingerprint density at radius 2 is 2.04 bits per heavy atom. The van der Waals surface area contributed by atoms with Gasteiger partial charge in [-0.2, -0.15) is 4.31 Å². The molecule has 2 N–H and O–H groups in total. The van der Waals surface area contributed by atoms with Crippen molar-refractivity contribution in [2.24, 2.45) is 0 Å². The van der Waals surface area contributed by atoms with Gasteiger partial charge in [0.1, 0.15) is 9.96 Å². The Morgan fingerprint density at radius 3 is 2.70 bits per heavy atom. The van der Waals surface area contributed by atoms with Gasteiger partial charge in [0, 0.05) is 6.54 Å². The lowest BCUT2D eigenvalue weighted by molar-refractivity contribution is -0.895. The minimum atomic E-state index is -3.40. The number of carbonyl (C=O) groups excluding carboxylic acids is 1. The number of amides is 1. The van der Waals surface area contributed by atoms with Crippen LogP contribution in [-0.2, 0) is 21.4 Å². The van der Waals surface area contributed by atoms with Gasteiger partial charge in [-0.3, -0.25) is 4.79 Å². The van der Waals surface area contributed by atoms with E-state index in [-0.39, 0.29) is 5.91 Å². The van der Waals surface area contributed by atoms with Gasteiger partial charge in [-0.05, 0) is 29.1 Å². The third-order valence-corrected chi connectivity index (χ3v) is 7.82. The molecular weight excluding hydrogens is 386 g/mol. The van der Waals surface area contributed by atoms with E-state index >= 15 is 0 Å². The fourth-order valence-corrected chi connectivity index (χ4v) is 5.62. The molecule has 146 valence electrons. The number of carbonyl (C=O) groups is 1. The minimum absolute atomic E-state index is 0.0395. The first kappa shape index (κ1) is 19.8. The normalized spacial score (nSPS) is 16.2. The molecule has 0 atom stereocenters. The second kappa shape index (κ2) is 8.83. The Balaban J connectivity index is 1.45. The van der Waals surface area contributed by atoms with Crippen molar-refractivity contribution in [3.05, 3.63) is 47.3 Å². The van der Waals surface area contributed by atoms with E-state index in [9.17, 15) is 13.2 Å². The molecule has 1 aromatic carbocycles. The maximum absolute atomic E-state index is 12.5. The van der Waals surface area contributed by atoms with E-state index in [1.54, 1.807) is 24.6 Å². The number of rotatable bonds is 7. The van der Waals surface area contributed by atoms with Crippen LogP contribution in [-0.4, -0.2) is 58.5 Å². The zero-order valence-corrected chi connectivity index (χ0v) is 16.8. The van der Waals surface area contributed by atoms with Crippen molar-refractivity contribution in [3.8, 4) is 5.75 Å². The van der Waals surface area contributed by atoms with Crippen LogP contribution in [0.3, 0.4) is 0 Å². The molecule has 0 radical (unpaired) electrons. The molecule has 0 saturated carbocycles. The Kier molecular flexibility index (Phi) is 6.48. The van der Waals surface area contributed by atoms with Gasteiger partial charge in [-0.1, -0.05) is 18.2 Å². The molecule has 2 aromatic rings. The molecule has 0 unspecified atom stereocenters. The van der Waals surface area contributed by atoms with E-state index in [2.05, 4.69) is 5.32 Å². The van der Waals surface area contributed by atoms with Crippen molar-refractivity contribution in [2.45, 2.75) is 10.8 Å². The van der Waals surface area contributed by atoms with Gasteiger partial charge < -0.3 is 15.0 Å². The number of nitrogens with one attached hydrogen (secondary N) is 2. The minimum Gasteiger partial charge on any atom is -0.497 e. The second-order valence-corrected chi connectivity index (χ2v) is 9.50. The van der Waals surface area contributed by atoms with E-state index in [4.69, 9.17) is 4.74 Å². The summed E-state index contributed by atoms with van der Waals surface area (Å²) >= 11 is 1.23. The Morgan fingerprint density at radius 1 is 1.26 bits per heavy atom. The fraction of sp³-hybridized carbons (Fsp3) is 0.389. The molecule has 1 aliphatic rings. The van der Waals surface area contributed by atoms with Crippen molar-refractivity contribution in [3.63, 3.8) is 0 Å². The predicted octanol–water partition coefficient (Wildman–Crippen LogP) is -0.0377. The summed E-state index contributed by atoms with van der Waals surface area (Å²) in [5.74, 6) is 0.720. The van der Waals surface area contributed by atoms with Gasteiger partial charge in [0.25, 0.3) is 15.9 Å². The average molecular weight is 411 g/mol. The van der Waals surface area contributed by atoms with Gasteiger partial charge in [0.05, 0.1) is 33.3 Å². The van der Waals surface area contributed by atoms with Crippen molar-refractivity contribution in [1.29, 1.82) is 0 Å². The first-order valence-electron chi connectivity index (χ1n) is 8.76. The summed E-state index contributed by atoms with van der Waals surface area (Å²) in [4.78, 5) is 13.3. The number of hydrogen-bond acceptors (Lipinski definition) is 5. The monoisotopic (exact) mass is 410 g/mol. The Bertz CT molecular complexity index is 860. The summed E-state index contributed by atoms with van der Waals surface area (Å²) in [7, 11) is -1.79. The van der Waals surface area contributed by atoms with Crippen LogP contribution in [0.5, 0.6) is 5.75 Å². The SMILES string of the molecule is COc1cccc(CNC(=O)C[NH+]2CCN(S(=O)(=O)c3cccs3)CC2)c1. The van der Waals surface area contributed by atoms with Crippen LogP contribution in [0.1, 0.15) is 5.56 Å². The van der Waals surface area contributed by atoms with Crippen molar-refractivity contribution < 1.29 is 22.8 Å². The van der Waals surface area contributed by atoms with E-state index < -0.39 is 10.0 Å². The first-order valence-corrected chi connectivity index (χ1v) is 11.1. The van der Waals surface area contributed by atoms with Crippen molar-refractivity contribution in [2.75, 3.05) is 39.8 Å². The number of ether oxygens (including phenoxy) is 1. The standard InChI is InChI=1S/C18H23N3O4S2/c1-25-16-5-2-4-15(12-16)13-19-17(22)14-20-7-9-21(10-8-20)27(23,24)18-6-3-11-26-18/h2-6,11-12H,7-10,13-14H2,1H3,(H,19,22)/p+1. The number of thiophene rings is 1. The molecule has 0 bridgehead atoms. The Hall–Kier alpha value is -1.94. The van der Waals surface area contributed by atoms with E-state index in [0.717, 1.165) is 16.2 Å². The van der Waals surface area contributed by atoms with Crippen LogP contribution in [0.4, 0.5) is 0 Å². The number of hydrogen-bond donors (Lipinski definition) is 2. The molecule has 1 aliphatic heterocycles. The lowest BCUT2D eigenvalue weighted by atomic mass is 10.2. The molecule has 3 rings (SSSR count). The van der Waals surface area contributed by atoms with Crippen molar-refractivity contribution >= 4 is 27.3 Å². The second-order valence-electron chi connectivity index (χ2n) is 6.39. The molecule has 2 heterocycles. The molecule has 1 aromatic heterocycles. The van der Waals surface area contributed by atoms with Gasteiger partial charge in [-0.15, -0.1) is 11.3 Å². The average Bonchev–Trinajstić information content (AvgIpc) is 3.23. The largest absolute Gasteiger partial charge is 0.497 e. The molecule has 1 amide bonds. The maximum Gasteiger partial charge on any atom is 0.275 e. The number of sulfonamides is 1. The third-order valence-electron chi connectivity index (χ3n) is 4.55. The van der Waals surface area contributed by atoms with Gasteiger partial charge in [0.2, 0.25) is 0 Å². The predicted molar refractivity (Wildman–Crippen MR) is 103 cm³/mol. The molecule has 27 heavy (non-hydrogen) atoms. The smallest absolute Gasteiger partial charge is 0.275 e. The quantitative estimate of drug-likeness (QED) is 0.672. The van der Waals surface area contributed by atoms with E-state index in [1.807, 2.05) is 24.3 Å². The summed E-state index contributed by atoms with van der Waals surface area (Å²) < 4.78 is 32.1. The highest BCUT2D eigenvalue weighted by atomic mass is 32.2. The zero-order valence-electron chi connectivity index (χ0n) is 15.2. The molecular formula is C18H24N3O4S2+. The number of nitrogens with zero attached hydrogens (tertiary/aromatic N) is 1. The molecule has 0 aliphatic carbocycles. The third kappa shape index (κ3) is 5.07. The molecule has 0 spiro atoms. The highest BCUT2D eigenvalue weighted by molar-refractivity contribution is 7.91. The van der Waals surface area contributed by atoms with E-state index in [1.165, 1.54) is 15.6 Å². The van der Waals surface area contributed by atoms with Crippen LogP contribution in [0.2, 0.25) is 0 Å². The number of benzene rings is 1. The van der Waals surface area contributed by atoms with Crippen LogP contribution < -0.4 is 15.0 Å². The summed E-state index contributed by atoms with van der Waals surface area (Å²) in [5, 5.41) is 4.68. The van der Waals surface area contributed by atoms with Crippen LogP contribution >= 0.6 is 11.3 Å². The fourth-order valence-electron chi connectivity index (χ4n) is 3.03. The summed E-state index contributed by atoms with van der Waals surface area (Å²) in [6.45, 7) is 2.89. The summed E-state index contributed by atoms with van der Waals surface area (Å²) in [6, 6.07) is 10.9. The van der Waals surface area contributed by atoms with Gasteiger partial charge in [0.15, 0.2) is 6.54 Å². The molecule has 1 saturated heterocycles. The topological polar surface area (TPSA) is 80.2 Å². The van der Waals surface area contributed by atoms with Crippen LogP contribution in [0, 0.1) is 0 Å². The van der Waals surface area contributed by atoms with E-state index in [0.29, 0.717) is 43.5 Å². The van der Waals surface area contributed by atoms with Gasteiger partial charge in [-0.25, -0.2) is 8.42 Å². The summed E-state index contributed by atoms with van der Waals surface area (Å²) in [5.41, 5.74) is 0.976. The lowest BCUT2D eigenvalue weighted by Gasteiger charge is -2.30. The molecule has 1 fully saturated rings. The van der Waals surface area contributed by atoms with Crippen molar-refractivity contribution in [1.82, 2.24) is 9.62 Å². The van der Waals surface area contributed by atoms with Gasteiger partial charge >= 0.3 is 0 Å².